The van der Waals surface area contributed by atoms with Gasteiger partial charge in [0.2, 0.25) is 5.91 Å². The molecule has 6 nitrogen and oxygen atoms in total. The third kappa shape index (κ3) is 3.80. The van der Waals surface area contributed by atoms with Crippen LogP contribution in [0.4, 0.5) is 0 Å². The van der Waals surface area contributed by atoms with Crippen molar-refractivity contribution in [3.05, 3.63) is 46.1 Å². The molecule has 148 valence electrons. The number of carbonyl (C=O) groups is 1. The van der Waals surface area contributed by atoms with Crippen LogP contribution in [0.25, 0.3) is 21.3 Å². The highest BCUT2D eigenvalue weighted by Crippen LogP contribution is 2.32. The summed E-state index contributed by atoms with van der Waals surface area (Å²) in [6.45, 7) is 0. The standard InChI is InChI=1S/C21H20N4O2S2/c1-25-19(27)17-15(14-7-3-2-4-8-14)11-28-18(17)23-20(25)29-12-16(26)24-21(13-22)9-5-6-10-21/h2-4,7-8,11H,5-6,9-10,12H2,1H3,(H,24,26). The molecule has 0 spiro atoms. The number of hydrogen-bond donors (Lipinski definition) is 1. The normalized spacial score (nSPS) is 15.3. The topological polar surface area (TPSA) is 87.8 Å². The summed E-state index contributed by atoms with van der Waals surface area (Å²) in [5.74, 6) is -0.0875. The molecule has 0 saturated heterocycles. The Labute approximate surface area is 176 Å². The first-order valence-electron chi connectivity index (χ1n) is 9.42. The van der Waals surface area contributed by atoms with E-state index in [4.69, 9.17) is 0 Å². The molecular formula is C21H20N4O2S2. The third-order valence-corrected chi connectivity index (χ3v) is 7.14. The molecule has 2 aromatic heterocycles. The first-order valence-corrected chi connectivity index (χ1v) is 11.3. The Morgan fingerprint density at radius 2 is 2.07 bits per heavy atom. The number of benzene rings is 1. The highest BCUT2D eigenvalue weighted by atomic mass is 32.2. The van der Waals surface area contributed by atoms with E-state index in [1.807, 2.05) is 35.7 Å². The van der Waals surface area contributed by atoms with Gasteiger partial charge < -0.3 is 5.32 Å². The Kier molecular flexibility index (Phi) is 5.43. The highest BCUT2D eigenvalue weighted by molar-refractivity contribution is 7.99. The summed E-state index contributed by atoms with van der Waals surface area (Å²) in [6, 6.07) is 12.0. The van der Waals surface area contributed by atoms with Crippen LogP contribution in [0.3, 0.4) is 0 Å². The fourth-order valence-electron chi connectivity index (χ4n) is 3.69. The molecule has 3 aromatic rings. The molecule has 1 aliphatic carbocycles. The Hall–Kier alpha value is -2.63. The Morgan fingerprint density at radius 1 is 1.34 bits per heavy atom. The minimum Gasteiger partial charge on any atom is -0.337 e. The number of thiophene rings is 1. The van der Waals surface area contributed by atoms with Gasteiger partial charge in [0.15, 0.2) is 5.16 Å². The fraction of sp³-hybridized carbons (Fsp3) is 0.333. The molecule has 4 rings (SSSR count). The third-order valence-electron chi connectivity index (χ3n) is 5.24. The zero-order valence-corrected chi connectivity index (χ0v) is 17.6. The largest absolute Gasteiger partial charge is 0.337 e. The van der Waals surface area contributed by atoms with Crippen LogP contribution in [0.2, 0.25) is 0 Å². The van der Waals surface area contributed by atoms with Gasteiger partial charge in [0, 0.05) is 18.0 Å². The van der Waals surface area contributed by atoms with E-state index in [0.29, 0.717) is 28.2 Å². The fourth-order valence-corrected chi connectivity index (χ4v) is 5.45. The number of rotatable bonds is 5. The number of hydrogen-bond acceptors (Lipinski definition) is 6. The maximum Gasteiger partial charge on any atom is 0.263 e. The first kappa shape index (κ1) is 19.7. The van der Waals surface area contributed by atoms with Crippen LogP contribution in [0.1, 0.15) is 25.7 Å². The SMILES string of the molecule is Cn1c(SCC(=O)NC2(C#N)CCCC2)nc2scc(-c3ccccc3)c2c1=O. The number of thioether (sulfide) groups is 1. The van der Waals surface area contributed by atoms with Gasteiger partial charge in [-0.15, -0.1) is 11.3 Å². The van der Waals surface area contributed by atoms with Crippen molar-refractivity contribution in [1.82, 2.24) is 14.9 Å². The lowest BCUT2D eigenvalue weighted by Crippen LogP contribution is -2.45. The molecule has 2 heterocycles. The maximum absolute atomic E-state index is 13.0. The zero-order chi connectivity index (χ0) is 20.4. The summed E-state index contributed by atoms with van der Waals surface area (Å²) in [7, 11) is 1.68. The molecule has 1 aliphatic rings. The molecular weight excluding hydrogens is 404 g/mol. The lowest BCUT2D eigenvalue weighted by molar-refractivity contribution is -0.119. The lowest BCUT2D eigenvalue weighted by atomic mass is 10.0. The van der Waals surface area contributed by atoms with E-state index in [1.54, 1.807) is 7.05 Å². The van der Waals surface area contributed by atoms with Gasteiger partial charge in [-0.2, -0.15) is 5.26 Å². The van der Waals surface area contributed by atoms with Crippen molar-refractivity contribution in [3.63, 3.8) is 0 Å². The number of nitrogens with zero attached hydrogens (tertiary/aromatic N) is 3. The quantitative estimate of drug-likeness (QED) is 0.498. The van der Waals surface area contributed by atoms with Gasteiger partial charge in [0.25, 0.3) is 5.56 Å². The number of fused-ring (bicyclic) bond motifs is 1. The number of carbonyl (C=O) groups excluding carboxylic acids is 1. The van der Waals surface area contributed by atoms with Crippen molar-refractivity contribution in [2.75, 3.05) is 5.75 Å². The second-order valence-electron chi connectivity index (χ2n) is 7.19. The van der Waals surface area contributed by atoms with Gasteiger partial charge in [-0.05, 0) is 31.2 Å². The summed E-state index contributed by atoms with van der Waals surface area (Å²) in [6.07, 6.45) is 3.30. The van der Waals surface area contributed by atoms with Crippen LogP contribution in [-0.2, 0) is 11.8 Å². The van der Waals surface area contributed by atoms with E-state index >= 15 is 0 Å². The smallest absolute Gasteiger partial charge is 0.263 e. The monoisotopic (exact) mass is 424 g/mol. The van der Waals surface area contributed by atoms with E-state index < -0.39 is 5.54 Å². The van der Waals surface area contributed by atoms with Crippen molar-refractivity contribution < 1.29 is 4.79 Å². The van der Waals surface area contributed by atoms with Crippen LogP contribution in [0.15, 0.2) is 45.7 Å². The van der Waals surface area contributed by atoms with E-state index in [0.717, 1.165) is 24.0 Å². The van der Waals surface area contributed by atoms with Crippen molar-refractivity contribution in [2.24, 2.45) is 7.05 Å². The molecule has 0 bridgehead atoms. The molecule has 0 aliphatic heterocycles. The predicted molar refractivity (Wildman–Crippen MR) is 116 cm³/mol. The lowest BCUT2D eigenvalue weighted by Gasteiger charge is -2.21. The van der Waals surface area contributed by atoms with Crippen molar-refractivity contribution in [3.8, 4) is 17.2 Å². The summed E-state index contributed by atoms with van der Waals surface area (Å²) in [5, 5.41) is 15.3. The Bertz CT molecular complexity index is 1160. The molecule has 0 unspecified atom stereocenters. The van der Waals surface area contributed by atoms with Crippen molar-refractivity contribution in [1.29, 1.82) is 5.26 Å². The van der Waals surface area contributed by atoms with Gasteiger partial charge in [0.1, 0.15) is 10.4 Å². The minimum absolute atomic E-state index is 0.117. The molecule has 1 amide bonds. The predicted octanol–water partition coefficient (Wildman–Crippen LogP) is 3.71. The number of nitrogens with one attached hydrogen (secondary N) is 1. The van der Waals surface area contributed by atoms with E-state index in [1.165, 1.54) is 27.7 Å². The van der Waals surface area contributed by atoms with Crippen molar-refractivity contribution in [2.45, 2.75) is 36.4 Å². The zero-order valence-electron chi connectivity index (χ0n) is 16.0. The van der Waals surface area contributed by atoms with Crippen LogP contribution in [0.5, 0.6) is 0 Å². The molecule has 0 atom stereocenters. The highest BCUT2D eigenvalue weighted by Gasteiger charge is 2.35. The molecule has 1 fully saturated rings. The van der Waals surface area contributed by atoms with E-state index in [-0.39, 0.29) is 17.2 Å². The minimum atomic E-state index is -0.737. The van der Waals surface area contributed by atoms with Crippen LogP contribution in [0, 0.1) is 11.3 Å². The molecule has 1 saturated carbocycles. The summed E-state index contributed by atoms with van der Waals surface area (Å²) >= 11 is 2.65. The summed E-state index contributed by atoms with van der Waals surface area (Å²) < 4.78 is 1.50. The molecule has 1 N–H and O–H groups in total. The van der Waals surface area contributed by atoms with Gasteiger partial charge in [-0.1, -0.05) is 42.1 Å². The molecule has 29 heavy (non-hydrogen) atoms. The van der Waals surface area contributed by atoms with Gasteiger partial charge >= 0.3 is 0 Å². The van der Waals surface area contributed by atoms with Crippen LogP contribution < -0.4 is 10.9 Å². The molecule has 1 aromatic carbocycles. The molecule has 8 heteroatoms. The number of aromatic nitrogens is 2. The average Bonchev–Trinajstić information content (AvgIpc) is 3.38. The Balaban J connectivity index is 1.56. The second-order valence-corrected chi connectivity index (χ2v) is 8.99. The van der Waals surface area contributed by atoms with E-state index in [9.17, 15) is 14.9 Å². The summed E-state index contributed by atoms with van der Waals surface area (Å²) in [5.41, 5.74) is 1.00. The summed E-state index contributed by atoms with van der Waals surface area (Å²) in [4.78, 5) is 30.7. The van der Waals surface area contributed by atoms with E-state index in [2.05, 4.69) is 16.4 Å². The van der Waals surface area contributed by atoms with Gasteiger partial charge in [-0.3, -0.25) is 14.2 Å². The Morgan fingerprint density at radius 3 is 2.76 bits per heavy atom. The number of nitriles is 1. The maximum atomic E-state index is 13.0. The second kappa shape index (κ2) is 8.01. The van der Waals surface area contributed by atoms with Gasteiger partial charge in [0.05, 0.1) is 17.2 Å². The first-order chi connectivity index (χ1) is 14.0. The average molecular weight is 425 g/mol. The molecule has 0 radical (unpaired) electrons. The van der Waals surface area contributed by atoms with Crippen LogP contribution >= 0.6 is 23.1 Å². The van der Waals surface area contributed by atoms with Crippen LogP contribution in [-0.4, -0.2) is 26.8 Å². The van der Waals surface area contributed by atoms with Gasteiger partial charge in [-0.25, -0.2) is 4.98 Å². The number of amides is 1. The van der Waals surface area contributed by atoms with Crippen molar-refractivity contribution >= 4 is 39.2 Å².